The van der Waals surface area contributed by atoms with Gasteiger partial charge in [0, 0.05) is 36.5 Å². The van der Waals surface area contributed by atoms with Crippen LogP contribution in [0.15, 0.2) is 54.6 Å². The minimum Gasteiger partial charge on any atom is -0.454 e. The molecule has 0 amide bonds. The van der Waals surface area contributed by atoms with Crippen molar-refractivity contribution < 1.29 is 14.6 Å². The van der Waals surface area contributed by atoms with E-state index in [4.69, 9.17) is 19.4 Å². The fourth-order valence-corrected chi connectivity index (χ4v) is 3.58. The predicted octanol–water partition coefficient (Wildman–Crippen LogP) is 3.58. The van der Waals surface area contributed by atoms with Gasteiger partial charge in [-0.1, -0.05) is 30.3 Å². The Labute approximate surface area is 168 Å². The molecule has 1 saturated heterocycles. The third-order valence-electron chi connectivity index (χ3n) is 5.18. The number of aromatic nitrogens is 2. The van der Waals surface area contributed by atoms with E-state index in [1.807, 2.05) is 54.6 Å². The van der Waals surface area contributed by atoms with E-state index in [0.29, 0.717) is 11.8 Å². The molecule has 3 aromatic rings. The number of anilines is 3. The minimum atomic E-state index is -0.241. The predicted molar refractivity (Wildman–Crippen MR) is 111 cm³/mol. The van der Waals surface area contributed by atoms with Gasteiger partial charge in [0.1, 0.15) is 5.82 Å². The van der Waals surface area contributed by atoms with Gasteiger partial charge < -0.3 is 24.8 Å². The molecule has 148 valence electrons. The van der Waals surface area contributed by atoms with Gasteiger partial charge in [0.2, 0.25) is 12.7 Å². The SMILES string of the molecule is OC1CCN(c2nc(Nc3ccc4c(c3)OCO4)cc(-c3ccccc3)n2)CC1. The lowest BCUT2D eigenvalue weighted by molar-refractivity contribution is 0.145. The normalized spacial score (nSPS) is 16.1. The second-order valence-electron chi connectivity index (χ2n) is 7.22. The van der Waals surface area contributed by atoms with Crippen molar-refractivity contribution >= 4 is 17.5 Å². The summed E-state index contributed by atoms with van der Waals surface area (Å²) in [7, 11) is 0. The van der Waals surface area contributed by atoms with E-state index >= 15 is 0 Å². The van der Waals surface area contributed by atoms with Crippen molar-refractivity contribution in [3.05, 3.63) is 54.6 Å². The van der Waals surface area contributed by atoms with E-state index < -0.39 is 0 Å². The summed E-state index contributed by atoms with van der Waals surface area (Å²) >= 11 is 0. The van der Waals surface area contributed by atoms with Gasteiger partial charge in [-0.25, -0.2) is 4.98 Å². The summed E-state index contributed by atoms with van der Waals surface area (Å²) in [5, 5.41) is 13.2. The Morgan fingerprint density at radius 2 is 1.72 bits per heavy atom. The van der Waals surface area contributed by atoms with E-state index in [9.17, 15) is 5.11 Å². The van der Waals surface area contributed by atoms with Gasteiger partial charge in [-0.2, -0.15) is 4.98 Å². The molecular formula is C22H22N4O3. The van der Waals surface area contributed by atoms with E-state index in [1.54, 1.807) is 0 Å². The second-order valence-corrected chi connectivity index (χ2v) is 7.22. The third-order valence-corrected chi connectivity index (χ3v) is 5.18. The molecule has 7 nitrogen and oxygen atoms in total. The fraction of sp³-hybridized carbons (Fsp3) is 0.273. The molecule has 2 aliphatic heterocycles. The van der Waals surface area contributed by atoms with Gasteiger partial charge in [0.15, 0.2) is 11.5 Å². The topological polar surface area (TPSA) is 79.7 Å². The third kappa shape index (κ3) is 3.82. The highest BCUT2D eigenvalue weighted by molar-refractivity contribution is 5.69. The highest BCUT2D eigenvalue weighted by Gasteiger charge is 2.21. The van der Waals surface area contributed by atoms with Crippen LogP contribution in [0, 0.1) is 0 Å². The van der Waals surface area contributed by atoms with Gasteiger partial charge in [-0.05, 0) is 25.0 Å². The maximum absolute atomic E-state index is 9.83. The standard InChI is InChI=1S/C22H22N4O3/c27-17-8-10-26(11-9-17)22-24-18(15-4-2-1-3-5-15)13-21(25-22)23-16-6-7-19-20(12-16)29-14-28-19/h1-7,12-13,17,27H,8-11,14H2,(H,23,24,25). The van der Waals surface area contributed by atoms with Gasteiger partial charge in [-0.3, -0.25) is 0 Å². The molecule has 0 radical (unpaired) electrons. The Morgan fingerprint density at radius 3 is 2.55 bits per heavy atom. The molecule has 29 heavy (non-hydrogen) atoms. The summed E-state index contributed by atoms with van der Waals surface area (Å²) in [6.07, 6.45) is 1.21. The van der Waals surface area contributed by atoms with Gasteiger partial charge in [0.05, 0.1) is 11.8 Å². The molecular weight excluding hydrogens is 368 g/mol. The first-order valence-electron chi connectivity index (χ1n) is 9.79. The molecule has 0 bridgehead atoms. The lowest BCUT2D eigenvalue weighted by atomic mass is 10.1. The van der Waals surface area contributed by atoms with Gasteiger partial charge in [-0.15, -0.1) is 0 Å². The van der Waals surface area contributed by atoms with E-state index in [0.717, 1.165) is 54.4 Å². The molecule has 0 unspecified atom stereocenters. The number of benzene rings is 2. The zero-order valence-electron chi connectivity index (χ0n) is 15.9. The molecule has 0 saturated carbocycles. The van der Waals surface area contributed by atoms with Crippen molar-refractivity contribution in [3.8, 4) is 22.8 Å². The lowest BCUT2D eigenvalue weighted by Crippen LogP contribution is -2.37. The van der Waals surface area contributed by atoms with Crippen LogP contribution in [0.5, 0.6) is 11.5 Å². The minimum absolute atomic E-state index is 0.241. The van der Waals surface area contributed by atoms with Crippen LogP contribution < -0.4 is 19.7 Å². The van der Waals surface area contributed by atoms with Crippen LogP contribution in [0.25, 0.3) is 11.3 Å². The zero-order valence-corrected chi connectivity index (χ0v) is 15.9. The van der Waals surface area contributed by atoms with Crippen molar-refractivity contribution in [2.45, 2.75) is 18.9 Å². The zero-order chi connectivity index (χ0) is 19.6. The summed E-state index contributed by atoms with van der Waals surface area (Å²) in [4.78, 5) is 11.7. The molecule has 0 spiro atoms. The maximum Gasteiger partial charge on any atom is 0.231 e. The number of rotatable bonds is 4. The van der Waals surface area contributed by atoms with Crippen LogP contribution in [0.1, 0.15) is 12.8 Å². The largest absolute Gasteiger partial charge is 0.454 e. The molecule has 3 heterocycles. The van der Waals surface area contributed by atoms with Crippen molar-refractivity contribution in [1.29, 1.82) is 0 Å². The quantitative estimate of drug-likeness (QED) is 0.705. The Kier molecular flexibility index (Phi) is 4.65. The van der Waals surface area contributed by atoms with Crippen molar-refractivity contribution in [1.82, 2.24) is 9.97 Å². The van der Waals surface area contributed by atoms with Crippen LogP contribution in [0.2, 0.25) is 0 Å². The number of nitrogens with one attached hydrogen (secondary N) is 1. The summed E-state index contributed by atoms with van der Waals surface area (Å²) in [5.41, 5.74) is 2.75. The molecule has 1 aromatic heterocycles. The number of hydrogen-bond acceptors (Lipinski definition) is 7. The smallest absolute Gasteiger partial charge is 0.231 e. The van der Waals surface area contributed by atoms with Crippen molar-refractivity contribution in [2.24, 2.45) is 0 Å². The number of fused-ring (bicyclic) bond motifs is 1. The fourth-order valence-electron chi connectivity index (χ4n) is 3.58. The maximum atomic E-state index is 9.83. The Balaban J connectivity index is 1.49. The first-order chi connectivity index (χ1) is 14.2. The molecule has 1 fully saturated rings. The molecule has 2 aliphatic rings. The van der Waals surface area contributed by atoms with Crippen LogP contribution in [0.4, 0.5) is 17.5 Å². The number of piperidine rings is 1. The molecule has 2 aromatic carbocycles. The van der Waals surface area contributed by atoms with Gasteiger partial charge in [0.25, 0.3) is 0 Å². The number of aliphatic hydroxyl groups excluding tert-OH is 1. The molecule has 7 heteroatoms. The van der Waals surface area contributed by atoms with E-state index in [-0.39, 0.29) is 12.9 Å². The van der Waals surface area contributed by atoms with Crippen LogP contribution in [-0.2, 0) is 0 Å². The number of ether oxygens (including phenoxy) is 2. The van der Waals surface area contributed by atoms with Crippen LogP contribution >= 0.6 is 0 Å². The summed E-state index contributed by atoms with van der Waals surface area (Å²) in [5.74, 6) is 2.84. The van der Waals surface area contributed by atoms with Crippen molar-refractivity contribution in [3.63, 3.8) is 0 Å². The number of nitrogens with zero attached hydrogens (tertiary/aromatic N) is 3. The number of hydrogen-bond donors (Lipinski definition) is 2. The Hall–Kier alpha value is -3.32. The highest BCUT2D eigenvalue weighted by atomic mass is 16.7. The molecule has 0 aliphatic carbocycles. The van der Waals surface area contributed by atoms with Crippen LogP contribution in [0.3, 0.4) is 0 Å². The molecule has 2 N–H and O–H groups in total. The van der Waals surface area contributed by atoms with Crippen LogP contribution in [-0.4, -0.2) is 41.1 Å². The Morgan fingerprint density at radius 1 is 0.931 bits per heavy atom. The average Bonchev–Trinajstić information content (AvgIpc) is 3.23. The molecule has 5 rings (SSSR count). The summed E-state index contributed by atoms with van der Waals surface area (Å²) in [6, 6.07) is 17.7. The first-order valence-corrected chi connectivity index (χ1v) is 9.79. The Bertz CT molecular complexity index is 1000. The monoisotopic (exact) mass is 390 g/mol. The average molecular weight is 390 g/mol. The first kappa shape index (κ1) is 17.8. The van der Waals surface area contributed by atoms with E-state index in [1.165, 1.54) is 0 Å². The molecule has 0 atom stereocenters. The number of aliphatic hydroxyl groups is 1. The van der Waals surface area contributed by atoms with Gasteiger partial charge >= 0.3 is 0 Å². The van der Waals surface area contributed by atoms with Crippen molar-refractivity contribution in [2.75, 3.05) is 30.1 Å². The second kappa shape index (κ2) is 7.60. The lowest BCUT2D eigenvalue weighted by Gasteiger charge is -2.30. The van der Waals surface area contributed by atoms with E-state index in [2.05, 4.69) is 10.2 Å². The highest BCUT2D eigenvalue weighted by Crippen LogP contribution is 2.35. The summed E-state index contributed by atoms with van der Waals surface area (Å²) < 4.78 is 10.9. The summed E-state index contributed by atoms with van der Waals surface area (Å²) in [6.45, 7) is 1.72.